The number of aryl methyl sites for hydroxylation is 1. The standard InChI is InChI=1S/C12H9N3O3S/c1-6-9(10(16)17)19-12(13-6)15-8-5-3-2-4-7(8)14-11(15)18/h2-5H,1H3,(H,14,18)(H,16,17). The lowest BCUT2D eigenvalue weighted by atomic mass is 10.3. The SMILES string of the molecule is Cc1nc(-n2c(=O)[nH]c3ccccc32)sc1C(=O)O. The number of aromatic carboxylic acids is 1. The van der Waals surface area contributed by atoms with Crippen LogP contribution in [0.2, 0.25) is 0 Å². The maximum Gasteiger partial charge on any atom is 0.347 e. The van der Waals surface area contributed by atoms with E-state index in [0.29, 0.717) is 21.9 Å². The van der Waals surface area contributed by atoms with Gasteiger partial charge in [0.15, 0.2) is 5.13 Å². The Balaban J connectivity index is 2.30. The Morgan fingerprint density at radius 3 is 2.84 bits per heavy atom. The minimum absolute atomic E-state index is 0.146. The number of carboxylic acids is 1. The lowest BCUT2D eigenvalue weighted by Crippen LogP contribution is -2.14. The molecule has 0 radical (unpaired) electrons. The summed E-state index contributed by atoms with van der Waals surface area (Å²) in [4.78, 5) is 30.0. The number of para-hydroxylation sites is 2. The molecule has 96 valence electrons. The van der Waals surface area contributed by atoms with Gasteiger partial charge in [-0.15, -0.1) is 0 Å². The van der Waals surface area contributed by atoms with Gasteiger partial charge in [0.2, 0.25) is 0 Å². The van der Waals surface area contributed by atoms with Crippen molar-refractivity contribution in [3.63, 3.8) is 0 Å². The molecule has 0 fully saturated rings. The molecular weight excluding hydrogens is 266 g/mol. The van der Waals surface area contributed by atoms with Gasteiger partial charge in [-0.1, -0.05) is 23.5 Å². The van der Waals surface area contributed by atoms with Gasteiger partial charge in [0.25, 0.3) is 0 Å². The van der Waals surface area contributed by atoms with Crippen molar-refractivity contribution in [2.24, 2.45) is 0 Å². The highest BCUT2D eigenvalue weighted by atomic mass is 32.1. The fourth-order valence-electron chi connectivity index (χ4n) is 1.92. The second-order valence-electron chi connectivity index (χ2n) is 4.00. The van der Waals surface area contributed by atoms with Crippen LogP contribution in [0.3, 0.4) is 0 Å². The number of carbonyl (C=O) groups is 1. The Kier molecular flexibility index (Phi) is 2.49. The van der Waals surface area contributed by atoms with E-state index in [-0.39, 0.29) is 10.6 Å². The number of aromatic nitrogens is 3. The maximum atomic E-state index is 12.0. The zero-order chi connectivity index (χ0) is 13.6. The molecule has 7 heteroatoms. The Morgan fingerprint density at radius 2 is 2.16 bits per heavy atom. The minimum atomic E-state index is -1.03. The van der Waals surface area contributed by atoms with Gasteiger partial charge in [-0.25, -0.2) is 19.1 Å². The first-order valence-corrected chi connectivity index (χ1v) is 6.30. The molecule has 6 nitrogen and oxygen atoms in total. The van der Waals surface area contributed by atoms with Gasteiger partial charge in [0, 0.05) is 0 Å². The number of rotatable bonds is 2. The van der Waals surface area contributed by atoms with Crippen LogP contribution in [0, 0.1) is 6.92 Å². The fraction of sp³-hybridized carbons (Fsp3) is 0.0833. The van der Waals surface area contributed by atoms with Crippen LogP contribution in [0.15, 0.2) is 29.1 Å². The summed E-state index contributed by atoms with van der Waals surface area (Å²) in [7, 11) is 0. The zero-order valence-electron chi connectivity index (χ0n) is 9.88. The average molecular weight is 275 g/mol. The number of carboxylic acid groups (broad SMARTS) is 1. The highest BCUT2D eigenvalue weighted by Gasteiger charge is 2.17. The summed E-state index contributed by atoms with van der Waals surface area (Å²) in [5.41, 5.74) is 1.45. The molecule has 3 rings (SSSR count). The van der Waals surface area contributed by atoms with Crippen LogP contribution in [0.4, 0.5) is 0 Å². The highest BCUT2D eigenvalue weighted by molar-refractivity contribution is 7.16. The lowest BCUT2D eigenvalue weighted by molar-refractivity contribution is 0.0701. The van der Waals surface area contributed by atoms with Gasteiger partial charge in [-0.3, -0.25) is 0 Å². The second kappa shape index (κ2) is 4.06. The highest BCUT2D eigenvalue weighted by Crippen LogP contribution is 2.23. The molecule has 0 aliphatic heterocycles. The quantitative estimate of drug-likeness (QED) is 0.746. The number of hydrogen-bond donors (Lipinski definition) is 2. The van der Waals surface area contributed by atoms with Gasteiger partial charge in [-0.05, 0) is 19.1 Å². The van der Waals surface area contributed by atoms with Crippen LogP contribution >= 0.6 is 11.3 Å². The zero-order valence-corrected chi connectivity index (χ0v) is 10.7. The van der Waals surface area contributed by atoms with Crippen molar-refractivity contribution in [3.8, 4) is 5.13 Å². The average Bonchev–Trinajstić information content (AvgIpc) is 2.88. The molecule has 19 heavy (non-hydrogen) atoms. The van der Waals surface area contributed by atoms with Gasteiger partial charge in [0.1, 0.15) is 4.88 Å². The summed E-state index contributed by atoms with van der Waals surface area (Å²) in [5, 5.41) is 9.39. The second-order valence-corrected chi connectivity index (χ2v) is 4.98. The number of nitrogens with zero attached hydrogens (tertiary/aromatic N) is 2. The lowest BCUT2D eigenvalue weighted by Gasteiger charge is -1.96. The number of benzene rings is 1. The van der Waals surface area contributed by atoms with Crippen LogP contribution in [-0.2, 0) is 0 Å². The van der Waals surface area contributed by atoms with E-state index >= 15 is 0 Å². The third-order valence-electron chi connectivity index (χ3n) is 2.76. The third kappa shape index (κ3) is 1.75. The normalized spacial score (nSPS) is 11.0. The molecular formula is C12H9N3O3S. The fourth-order valence-corrected chi connectivity index (χ4v) is 2.84. The van der Waals surface area contributed by atoms with Crippen LogP contribution in [0.5, 0.6) is 0 Å². The molecule has 0 aliphatic rings. The molecule has 2 N–H and O–H groups in total. The first-order valence-electron chi connectivity index (χ1n) is 5.49. The molecule has 2 aromatic heterocycles. The first kappa shape index (κ1) is 11.7. The van der Waals surface area contributed by atoms with Crippen molar-refractivity contribution < 1.29 is 9.90 Å². The third-order valence-corrected chi connectivity index (χ3v) is 3.89. The number of aromatic amines is 1. The Bertz CT molecular complexity index is 843. The Labute approximate surface area is 111 Å². The Hall–Kier alpha value is -2.41. The predicted molar refractivity (Wildman–Crippen MR) is 71.3 cm³/mol. The number of thiazole rings is 1. The van der Waals surface area contributed by atoms with Crippen molar-refractivity contribution in [3.05, 3.63) is 45.3 Å². The summed E-state index contributed by atoms with van der Waals surface area (Å²) in [6.45, 7) is 1.61. The van der Waals surface area contributed by atoms with E-state index in [1.165, 1.54) is 4.57 Å². The number of hydrogen-bond acceptors (Lipinski definition) is 4. The van der Waals surface area contributed by atoms with Crippen molar-refractivity contribution in [2.75, 3.05) is 0 Å². The summed E-state index contributed by atoms with van der Waals surface area (Å²) in [6.07, 6.45) is 0. The van der Waals surface area contributed by atoms with Crippen LogP contribution in [0.1, 0.15) is 15.4 Å². The minimum Gasteiger partial charge on any atom is -0.477 e. The molecule has 0 saturated carbocycles. The van der Waals surface area contributed by atoms with Gasteiger partial charge >= 0.3 is 11.7 Å². The summed E-state index contributed by atoms with van der Waals surface area (Å²) in [5.74, 6) is -1.03. The van der Waals surface area contributed by atoms with Crippen molar-refractivity contribution in [1.29, 1.82) is 0 Å². The van der Waals surface area contributed by atoms with E-state index in [4.69, 9.17) is 5.11 Å². The van der Waals surface area contributed by atoms with Gasteiger partial charge in [0.05, 0.1) is 16.7 Å². The molecule has 0 atom stereocenters. The van der Waals surface area contributed by atoms with E-state index in [0.717, 1.165) is 11.3 Å². The summed E-state index contributed by atoms with van der Waals surface area (Å²) in [6, 6.07) is 7.19. The maximum absolute atomic E-state index is 12.0. The molecule has 1 aromatic carbocycles. The predicted octanol–water partition coefficient (Wildman–Crippen LogP) is 1.78. The van der Waals surface area contributed by atoms with Crippen molar-refractivity contribution >= 4 is 28.3 Å². The van der Waals surface area contributed by atoms with E-state index in [9.17, 15) is 9.59 Å². The van der Waals surface area contributed by atoms with E-state index in [1.54, 1.807) is 19.1 Å². The van der Waals surface area contributed by atoms with Crippen molar-refractivity contribution in [2.45, 2.75) is 6.92 Å². The molecule has 2 heterocycles. The van der Waals surface area contributed by atoms with E-state index in [2.05, 4.69) is 9.97 Å². The van der Waals surface area contributed by atoms with E-state index < -0.39 is 5.97 Å². The number of fused-ring (bicyclic) bond motifs is 1. The molecule has 3 aromatic rings. The smallest absolute Gasteiger partial charge is 0.347 e. The largest absolute Gasteiger partial charge is 0.477 e. The van der Waals surface area contributed by atoms with Crippen LogP contribution < -0.4 is 5.69 Å². The number of imidazole rings is 1. The summed E-state index contributed by atoms with van der Waals surface area (Å²) >= 11 is 0.987. The van der Waals surface area contributed by atoms with E-state index in [1.807, 2.05) is 12.1 Å². The summed E-state index contributed by atoms with van der Waals surface area (Å²) < 4.78 is 1.39. The molecule has 0 unspecified atom stereocenters. The Morgan fingerprint density at radius 1 is 1.42 bits per heavy atom. The molecule has 0 aliphatic carbocycles. The monoisotopic (exact) mass is 275 g/mol. The number of H-pyrrole nitrogens is 1. The number of nitrogens with one attached hydrogen (secondary N) is 1. The molecule has 0 bridgehead atoms. The molecule has 0 spiro atoms. The first-order chi connectivity index (χ1) is 9.08. The van der Waals surface area contributed by atoms with Gasteiger partial charge < -0.3 is 10.1 Å². The van der Waals surface area contributed by atoms with Crippen LogP contribution in [-0.4, -0.2) is 25.6 Å². The van der Waals surface area contributed by atoms with Crippen LogP contribution in [0.25, 0.3) is 16.2 Å². The molecule has 0 amide bonds. The topological polar surface area (TPSA) is 88.0 Å². The van der Waals surface area contributed by atoms with Crippen molar-refractivity contribution in [1.82, 2.24) is 14.5 Å². The van der Waals surface area contributed by atoms with Gasteiger partial charge in [-0.2, -0.15) is 0 Å². The molecule has 0 saturated heterocycles.